The first kappa shape index (κ1) is 15.1. The Morgan fingerprint density at radius 1 is 1.28 bits per heavy atom. The molecule has 0 heterocycles. The quantitative estimate of drug-likeness (QED) is 0.791. The Kier molecular flexibility index (Phi) is 5.78. The number of nitrogens with two attached hydrogens (primary N) is 1. The number of sulfonamides is 1. The van der Waals surface area contributed by atoms with Crippen LogP contribution in [0.15, 0.2) is 29.2 Å². The van der Waals surface area contributed by atoms with Crippen molar-refractivity contribution in [2.24, 2.45) is 5.14 Å². The molecule has 0 fully saturated rings. The van der Waals surface area contributed by atoms with Crippen LogP contribution < -0.4 is 10.5 Å². The van der Waals surface area contributed by atoms with E-state index in [1.165, 1.54) is 0 Å². The minimum Gasteiger partial charge on any atom is -0.314 e. The van der Waals surface area contributed by atoms with Gasteiger partial charge in [0, 0.05) is 6.04 Å². The van der Waals surface area contributed by atoms with Crippen LogP contribution in [0.4, 0.5) is 0 Å². The van der Waals surface area contributed by atoms with Crippen molar-refractivity contribution < 1.29 is 8.42 Å². The van der Waals surface area contributed by atoms with E-state index in [1.54, 1.807) is 12.1 Å². The van der Waals surface area contributed by atoms with Crippen molar-refractivity contribution in [1.29, 1.82) is 0 Å². The van der Waals surface area contributed by atoms with Crippen LogP contribution >= 0.6 is 0 Å². The number of hydrogen-bond donors (Lipinski definition) is 2. The van der Waals surface area contributed by atoms with Crippen molar-refractivity contribution in [2.75, 3.05) is 6.54 Å². The van der Waals surface area contributed by atoms with E-state index >= 15 is 0 Å². The van der Waals surface area contributed by atoms with Crippen molar-refractivity contribution in [3.63, 3.8) is 0 Å². The third-order valence-electron chi connectivity index (χ3n) is 2.88. The maximum absolute atomic E-state index is 11.5. The van der Waals surface area contributed by atoms with Gasteiger partial charge >= 0.3 is 0 Å². The summed E-state index contributed by atoms with van der Waals surface area (Å²) in [7, 11) is -3.64. The zero-order valence-corrected chi connectivity index (χ0v) is 11.8. The van der Waals surface area contributed by atoms with Crippen LogP contribution in [0.25, 0.3) is 0 Å². The summed E-state index contributed by atoms with van der Waals surface area (Å²) in [5, 5.41) is 8.61. The Balaban J connectivity index is 2.95. The van der Waals surface area contributed by atoms with Crippen molar-refractivity contribution in [3.8, 4) is 0 Å². The Morgan fingerprint density at radius 3 is 2.50 bits per heavy atom. The maximum Gasteiger partial charge on any atom is 0.238 e. The highest BCUT2D eigenvalue weighted by molar-refractivity contribution is 7.89. The third kappa shape index (κ3) is 4.40. The molecule has 18 heavy (non-hydrogen) atoms. The molecule has 1 atom stereocenters. The molecule has 1 aromatic carbocycles. The number of benzene rings is 1. The molecule has 1 unspecified atom stereocenters. The van der Waals surface area contributed by atoms with Crippen molar-refractivity contribution in [3.05, 3.63) is 29.8 Å². The van der Waals surface area contributed by atoms with E-state index in [4.69, 9.17) is 5.14 Å². The molecule has 0 spiro atoms. The second-order valence-corrected chi connectivity index (χ2v) is 5.93. The van der Waals surface area contributed by atoms with Gasteiger partial charge < -0.3 is 5.32 Å². The van der Waals surface area contributed by atoms with E-state index in [0.29, 0.717) is 12.5 Å². The van der Waals surface area contributed by atoms with E-state index in [0.717, 1.165) is 24.9 Å². The maximum atomic E-state index is 11.5. The molecule has 102 valence electrons. The summed E-state index contributed by atoms with van der Waals surface area (Å²) in [6.45, 7) is 5.05. The normalized spacial score (nSPS) is 13.5. The number of rotatable bonds is 7. The van der Waals surface area contributed by atoms with E-state index in [2.05, 4.69) is 12.2 Å². The molecule has 1 rings (SSSR count). The number of hydrogen-bond acceptors (Lipinski definition) is 3. The minimum atomic E-state index is -3.64. The fourth-order valence-electron chi connectivity index (χ4n) is 2.13. The van der Waals surface area contributed by atoms with Gasteiger partial charge in [-0.25, -0.2) is 13.6 Å². The van der Waals surface area contributed by atoms with Crippen LogP contribution in [0.3, 0.4) is 0 Å². The summed E-state index contributed by atoms with van der Waals surface area (Å²) in [4.78, 5) is 0.240. The molecule has 1 aromatic rings. The molecule has 0 aromatic heterocycles. The lowest BCUT2D eigenvalue weighted by molar-refractivity contribution is 0.482. The van der Waals surface area contributed by atoms with E-state index < -0.39 is 10.0 Å². The molecule has 4 nitrogen and oxygen atoms in total. The Labute approximate surface area is 110 Å². The first-order chi connectivity index (χ1) is 8.49. The van der Waals surface area contributed by atoms with Gasteiger partial charge in [0.05, 0.1) is 4.90 Å². The van der Waals surface area contributed by atoms with Crippen molar-refractivity contribution in [1.82, 2.24) is 5.32 Å². The Morgan fingerprint density at radius 2 is 1.94 bits per heavy atom. The fourth-order valence-corrected chi connectivity index (χ4v) is 2.91. The monoisotopic (exact) mass is 270 g/mol. The summed E-state index contributed by atoms with van der Waals surface area (Å²) >= 11 is 0. The molecule has 0 saturated carbocycles. The van der Waals surface area contributed by atoms with E-state index in [9.17, 15) is 8.42 Å². The standard InChI is InChI=1S/C13H22N2O2S/c1-3-7-12(15-4-2)10-11-8-5-6-9-13(11)18(14,16)17/h5-6,8-9,12,15H,3-4,7,10H2,1-2H3,(H2,14,16,17). The molecule has 0 radical (unpaired) electrons. The van der Waals surface area contributed by atoms with Crippen molar-refractivity contribution in [2.45, 2.75) is 44.0 Å². The smallest absolute Gasteiger partial charge is 0.238 e. The molecule has 0 amide bonds. The largest absolute Gasteiger partial charge is 0.314 e. The number of primary sulfonamides is 1. The minimum absolute atomic E-state index is 0.240. The first-order valence-electron chi connectivity index (χ1n) is 6.33. The predicted molar refractivity (Wildman–Crippen MR) is 73.9 cm³/mol. The molecule has 0 aliphatic heterocycles. The molecule has 0 aliphatic rings. The molecule has 0 bridgehead atoms. The third-order valence-corrected chi connectivity index (χ3v) is 3.89. The molecule has 3 N–H and O–H groups in total. The highest BCUT2D eigenvalue weighted by Gasteiger charge is 2.16. The van der Waals surface area contributed by atoms with Gasteiger partial charge in [-0.3, -0.25) is 0 Å². The van der Waals surface area contributed by atoms with Crippen LogP contribution in [0.2, 0.25) is 0 Å². The average molecular weight is 270 g/mol. The highest BCUT2D eigenvalue weighted by atomic mass is 32.2. The SMILES string of the molecule is CCCC(Cc1ccccc1S(N)(=O)=O)NCC. The summed E-state index contributed by atoms with van der Waals surface area (Å²) in [6, 6.07) is 7.24. The summed E-state index contributed by atoms with van der Waals surface area (Å²) in [5.74, 6) is 0. The van der Waals surface area contributed by atoms with Crippen LogP contribution in [0.5, 0.6) is 0 Å². The highest BCUT2D eigenvalue weighted by Crippen LogP contribution is 2.17. The zero-order chi connectivity index (χ0) is 13.6. The predicted octanol–water partition coefficient (Wildman–Crippen LogP) is 1.65. The molecular formula is C13H22N2O2S. The molecular weight excluding hydrogens is 248 g/mol. The number of nitrogens with one attached hydrogen (secondary N) is 1. The van der Waals surface area contributed by atoms with Gasteiger partial charge in [-0.05, 0) is 31.0 Å². The topological polar surface area (TPSA) is 72.2 Å². The van der Waals surface area contributed by atoms with E-state index in [1.807, 2.05) is 19.1 Å². The van der Waals surface area contributed by atoms with Crippen LogP contribution in [0, 0.1) is 0 Å². The van der Waals surface area contributed by atoms with Crippen molar-refractivity contribution >= 4 is 10.0 Å². The summed E-state index contributed by atoms with van der Waals surface area (Å²) < 4.78 is 23.0. The van der Waals surface area contributed by atoms with Gasteiger partial charge in [-0.15, -0.1) is 0 Å². The Hall–Kier alpha value is -0.910. The van der Waals surface area contributed by atoms with Crippen LogP contribution in [0.1, 0.15) is 32.3 Å². The lowest BCUT2D eigenvalue weighted by Crippen LogP contribution is -2.31. The van der Waals surface area contributed by atoms with Gasteiger partial charge in [0.2, 0.25) is 10.0 Å². The average Bonchev–Trinajstić information content (AvgIpc) is 2.29. The second-order valence-electron chi connectivity index (χ2n) is 4.40. The lowest BCUT2D eigenvalue weighted by Gasteiger charge is -2.18. The van der Waals surface area contributed by atoms with Gasteiger partial charge in [0.1, 0.15) is 0 Å². The van der Waals surface area contributed by atoms with Crippen LogP contribution in [-0.4, -0.2) is 21.0 Å². The first-order valence-corrected chi connectivity index (χ1v) is 7.87. The number of likely N-dealkylation sites (N-methyl/N-ethyl adjacent to an activating group) is 1. The molecule has 0 saturated heterocycles. The van der Waals surface area contributed by atoms with E-state index in [-0.39, 0.29) is 4.90 Å². The van der Waals surface area contributed by atoms with Gasteiger partial charge in [-0.1, -0.05) is 38.5 Å². The zero-order valence-electron chi connectivity index (χ0n) is 11.0. The lowest BCUT2D eigenvalue weighted by atomic mass is 10.0. The summed E-state index contributed by atoms with van der Waals surface area (Å²) in [5.41, 5.74) is 0.791. The second kappa shape index (κ2) is 6.87. The van der Waals surface area contributed by atoms with Crippen LogP contribution in [-0.2, 0) is 16.4 Å². The Bertz CT molecular complexity index is 466. The summed E-state index contributed by atoms with van der Waals surface area (Å²) in [6.07, 6.45) is 2.77. The van der Waals surface area contributed by atoms with Gasteiger partial charge in [-0.2, -0.15) is 0 Å². The molecule has 0 aliphatic carbocycles. The molecule has 5 heteroatoms. The fraction of sp³-hybridized carbons (Fsp3) is 0.538. The van der Waals surface area contributed by atoms with Gasteiger partial charge in [0.25, 0.3) is 0 Å². The van der Waals surface area contributed by atoms with Gasteiger partial charge in [0.15, 0.2) is 0 Å².